The van der Waals surface area contributed by atoms with E-state index in [0.717, 1.165) is 0 Å². The molecule has 4 nitrogen and oxygen atoms in total. The zero-order chi connectivity index (χ0) is 21.0. The molecule has 0 fully saturated rings. The average Bonchev–Trinajstić information content (AvgIpc) is 2.79. The Hall–Kier alpha value is -3.10. The minimum Gasteiger partial charge on any atom is -0.382 e. The van der Waals surface area contributed by atoms with Crippen molar-refractivity contribution in [3.05, 3.63) is 103 Å². The molecule has 4 rings (SSSR count). The van der Waals surface area contributed by atoms with E-state index < -0.39 is 16.5 Å². The van der Waals surface area contributed by atoms with Crippen molar-refractivity contribution in [3.8, 4) is 0 Å². The van der Waals surface area contributed by atoms with Crippen LogP contribution in [0.5, 0.6) is 0 Å². The van der Waals surface area contributed by atoms with Crippen LogP contribution in [0.3, 0.4) is 0 Å². The van der Waals surface area contributed by atoms with Crippen LogP contribution in [-0.2, 0) is 0 Å². The Kier molecular flexibility index (Phi) is 5.61. The van der Waals surface area contributed by atoms with Crippen molar-refractivity contribution in [1.29, 1.82) is 0 Å². The van der Waals surface area contributed by atoms with E-state index in [9.17, 15) is 0 Å². The molecule has 0 aliphatic rings. The van der Waals surface area contributed by atoms with Crippen LogP contribution < -0.4 is 19.8 Å². The highest BCUT2D eigenvalue weighted by Crippen LogP contribution is 2.25. The largest absolute Gasteiger partial charge is 0.382 e. The number of hydrogen-bond acceptors (Lipinski definition) is 4. The maximum absolute atomic E-state index is 4.71. The topological polar surface area (TPSA) is 41.9 Å². The number of nitrogens with zero attached hydrogens (tertiary/aromatic N) is 4. The third-order valence-electron chi connectivity index (χ3n) is 5.25. The highest BCUT2D eigenvalue weighted by Gasteiger charge is 2.51. The number of hydrogen-bond donors (Lipinski definition) is 0. The summed E-state index contributed by atoms with van der Waals surface area (Å²) in [4.78, 5) is 4.71. The fourth-order valence-electron chi connectivity index (χ4n) is 4.22. The molecule has 0 saturated carbocycles. The van der Waals surface area contributed by atoms with Crippen LogP contribution in [0.1, 0.15) is 0 Å². The molecule has 6 heteroatoms. The van der Waals surface area contributed by atoms with E-state index in [4.69, 9.17) is 4.98 Å². The van der Waals surface area contributed by atoms with Crippen molar-refractivity contribution in [2.75, 3.05) is 4.23 Å². The van der Waals surface area contributed by atoms with Gasteiger partial charge in [-0.3, -0.25) is 0 Å². The first-order valence-electron chi connectivity index (χ1n) is 10.1. The van der Waals surface area contributed by atoms with E-state index in [0.29, 0.717) is 5.95 Å². The highest BCUT2D eigenvalue weighted by atomic mass is 28.4. The Bertz CT molecular complexity index is 973. The third-order valence-corrected chi connectivity index (χ3v) is 14.2. The molecule has 150 valence electrons. The maximum Gasteiger partial charge on any atom is 0.247 e. The molecule has 0 atom stereocenters. The zero-order valence-electron chi connectivity index (χ0n) is 17.6. The van der Waals surface area contributed by atoms with Crippen molar-refractivity contribution in [2.24, 2.45) is 0 Å². The van der Waals surface area contributed by atoms with Gasteiger partial charge in [-0.15, -0.1) is 5.10 Å². The van der Waals surface area contributed by atoms with E-state index in [1.54, 1.807) is 12.4 Å². The van der Waals surface area contributed by atoms with Crippen molar-refractivity contribution in [1.82, 2.24) is 15.2 Å². The summed E-state index contributed by atoms with van der Waals surface area (Å²) in [6.45, 7) is 7.08. The molecule has 0 spiro atoms. The zero-order valence-corrected chi connectivity index (χ0v) is 19.6. The number of aromatic nitrogens is 3. The van der Waals surface area contributed by atoms with Crippen molar-refractivity contribution in [2.45, 2.75) is 19.6 Å². The molecule has 3 aromatic carbocycles. The third kappa shape index (κ3) is 3.60. The monoisotopic (exact) mass is 426 g/mol. The Labute approximate surface area is 180 Å². The van der Waals surface area contributed by atoms with Crippen molar-refractivity contribution < 1.29 is 0 Å². The van der Waals surface area contributed by atoms with Gasteiger partial charge in [0, 0.05) is 0 Å². The summed E-state index contributed by atoms with van der Waals surface area (Å²) in [6, 6.07) is 32.6. The summed E-state index contributed by atoms with van der Waals surface area (Å²) in [5.41, 5.74) is 0. The quantitative estimate of drug-likeness (QED) is 0.351. The summed E-state index contributed by atoms with van der Waals surface area (Å²) in [5, 5.41) is 12.7. The van der Waals surface area contributed by atoms with Crippen LogP contribution >= 0.6 is 0 Å². The van der Waals surface area contributed by atoms with E-state index in [1.165, 1.54) is 15.6 Å². The van der Waals surface area contributed by atoms with Gasteiger partial charge in [-0.05, 0) is 15.6 Å². The maximum atomic E-state index is 4.71. The molecule has 0 aliphatic carbocycles. The van der Waals surface area contributed by atoms with Crippen molar-refractivity contribution >= 4 is 38.0 Å². The summed E-state index contributed by atoms with van der Waals surface area (Å²) in [6.07, 6.45) is 3.39. The molecular formula is C24H26N4Si2. The molecule has 0 aliphatic heterocycles. The molecule has 30 heavy (non-hydrogen) atoms. The highest BCUT2D eigenvalue weighted by molar-refractivity contribution is 7.20. The summed E-state index contributed by atoms with van der Waals surface area (Å²) < 4.78 is 2.56. The fraction of sp³-hybridized carbons (Fsp3) is 0.125. The van der Waals surface area contributed by atoms with Crippen LogP contribution in [0.4, 0.5) is 5.95 Å². The Morgan fingerprint density at radius 1 is 0.600 bits per heavy atom. The predicted octanol–water partition coefficient (Wildman–Crippen LogP) is 3.18. The summed E-state index contributed by atoms with van der Waals surface area (Å²) >= 11 is 0. The van der Waals surface area contributed by atoms with Crippen LogP contribution in [0.15, 0.2) is 103 Å². The van der Waals surface area contributed by atoms with E-state index in [2.05, 4.69) is 125 Å². The smallest absolute Gasteiger partial charge is 0.247 e. The van der Waals surface area contributed by atoms with Gasteiger partial charge in [-0.2, -0.15) is 5.10 Å². The van der Waals surface area contributed by atoms with Crippen LogP contribution in [0.25, 0.3) is 0 Å². The molecule has 1 aromatic heterocycles. The van der Waals surface area contributed by atoms with Gasteiger partial charge in [0.25, 0.3) is 0 Å². The minimum atomic E-state index is -2.70. The van der Waals surface area contributed by atoms with Gasteiger partial charge in [0.1, 0.15) is 8.24 Å². The lowest BCUT2D eigenvalue weighted by molar-refractivity contribution is 0.960. The van der Waals surface area contributed by atoms with Crippen LogP contribution in [0, 0.1) is 0 Å². The van der Waals surface area contributed by atoms with Gasteiger partial charge in [-0.1, -0.05) is 111 Å². The number of benzene rings is 3. The first-order valence-corrected chi connectivity index (χ1v) is 15.5. The van der Waals surface area contributed by atoms with E-state index >= 15 is 0 Å². The fourth-order valence-corrected chi connectivity index (χ4v) is 14.3. The van der Waals surface area contributed by atoms with Gasteiger partial charge in [-0.25, -0.2) is 4.98 Å². The number of rotatable bonds is 6. The minimum absolute atomic E-state index is 0.708. The van der Waals surface area contributed by atoms with Gasteiger partial charge >= 0.3 is 0 Å². The molecule has 0 bridgehead atoms. The van der Waals surface area contributed by atoms with Gasteiger partial charge in [0.05, 0.1) is 12.4 Å². The van der Waals surface area contributed by atoms with E-state index in [-0.39, 0.29) is 0 Å². The van der Waals surface area contributed by atoms with Crippen LogP contribution in [-0.4, -0.2) is 31.7 Å². The second kappa shape index (κ2) is 8.33. The molecule has 0 radical (unpaired) electrons. The summed E-state index contributed by atoms with van der Waals surface area (Å²) in [7, 11) is -4.68. The summed E-state index contributed by atoms with van der Waals surface area (Å²) in [5.74, 6) is 0.708. The molecule has 0 unspecified atom stereocenters. The Balaban J connectivity index is 2.17. The lowest BCUT2D eigenvalue weighted by Crippen LogP contribution is -2.82. The first-order chi connectivity index (χ1) is 14.5. The SMILES string of the molecule is C[Si](C)(C)N(c1nccnn1)[Si](c1ccccc1)(c1ccccc1)c1ccccc1. The molecule has 4 aromatic rings. The average molecular weight is 427 g/mol. The molecular weight excluding hydrogens is 400 g/mol. The second-order valence-corrected chi connectivity index (χ2v) is 17.1. The Morgan fingerprint density at radius 3 is 1.37 bits per heavy atom. The normalized spacial score (nSPS) is 11.8. The molecule has 0 N–H and O–H groups in total. The van der Waals surface area contributed by atoms with Crippen molar-refractivity contribution in [3.63, 3.8) is 0 Å². The predicted molar refractivity (Wildman–Crippen MR) is 130 cm³/mol. The van der Waals surface area contributed by atoms with Crippen LogP contribution in [0.2, 0.25) is 19.6 Å². The Morgan fingerprint density at radius 2 is 1.03 bits per heavy atom. The molecule has 0 amide bonds. The van der Waals surface area contributed by atoms with Gasteiger partial charge < -0.3 is 4.23 Å². The standard InChI is InChI=1S/C24H26N4Si2/c1-29(2,3)28(24-25-19-20-26-27-24)30(21-13-7-4-8-14-21,22-15-9-5-10-16-22)23-17-11-6-12-18-23/h4-20H,1-3H3. The molecule has 1 heterocycles. The molecule has 0 saturated heterocycles. The van der Waals surface area contributed by atoms with Gasteiger partial charge in [0.2, 0.25) is 14.2 Å². The first kappa shape index (κ1) is 20.2. The lowest BCUT2D eigenvalue weighted by Gasteiger charge is -2.49. The van der Waals surface area contributed by atoms with Gasteiger partial charge in [0.15, 0.2) is 0 Å². The second-order valence-electron chi connectivity index (χ2n) is 8.26. The lowest BCUT2D eigenvalue weighted by atomic mass is 10.3. The number of anilines is 1. The van der Waals surface area contributed by atoms with E-state index in [1.807, 2.05) is 0 Å².